The van der Waals surface area contributed by atoms with Gasteiger partial charge in [0.1, 0.15) is 12.4 Å². The number of hydrogen-bond donors (Lipinski definition) is 2. The van der Waals surface area contributed by atoms with E-state index in [1.807, 2.05) is 0 Å². The van der Waals surface area contributed by atoms with Crippen molar-refractivity contribution in [3.63, 3.8) is 0 Å². The third-order valence-corrected chi connectivity index (χ3v) is 6.20. The molecule has 0 amide bonds. The van der Waals surface area contributed by atoms with Gasteiger partial charge in [0.25, 0.3) is 5.56 Å². The first kappa shape index (κ1) is 19.4. The number of nitrogens with zero attached hydrogens (tertiary/aromatic N) is 3. The number of aryl methyl sites for hydroxylation is 1. The second-order valence-corrected chi connectivity index (χ2v) is 7.82. The van der Waals surface area contributed by atoms with Crippen LogP contribution in [0.1, 0.15) is 41.2 Å². The maximum atomic E-state index is 14.2. The molecule has 5 rings (SSSR count). The zero-order valence-electron chi connectivity index (χ0n) is 16.8. The Morgan fingerprint density at radius 2 is 2.10 bits per heavy atom. The van der Waals surface area contributed by atoms with Gasteiger partial charge in [-0.25, -0.2) is 14.2 Å². The fraction of sp³-hybridized carbons (Fsp3) is 0.273. The molecular weight excluding hydrogens is 405 g/mol. The molecule has 0 radical (unpaired) electrons. The molecule has 0 spiro atoms. The molecule has 3 aromatic rings. The first-order valence-corrected chi connectivity index (χ1v) is 9.77. The summed E-state index contributed by atoms with van der Waals surface area (Å²) in [5, 5.41) is 23.9. The van der Waals surface area contributed by atoms with Gasteiger partial charge in [-0.15, -0.1) is 0 Å². The van der Waals surface area contributed by atoms with E-state index in [9.17, 15) is 24.3 Å². The number of benzene rings is 1. The van der Waals surface area contributed by atoms with Crippen molar-refractivity contribution in [2.24, 2.45) is 5.16 Å². The van der Waals surface area contributed by atoms with Crippen LogP contribution in [-0.4, -0.2) is 32.0 Å². The molecular formula is C22H18FN3O5. The Morgan fingerprint density at radius 3 is 2.81 bits per heavy atom. The summed E-state index contributed by atoms with van der Waals surface area (Å²) in [6.07, 6.45) is 1.28. The molecule has 2 aromatic heterocycles. The smallest absolute Gasteiger partial charge is 0.343 e. The van der Waals surface area contributed by atoms with Crippen LogP contribution in [0.5, 0.6) is 0 Å². The molecule has 0 fully saturated rings. The number of carbonyl (C=O) groups excluding carboxylic acids is 1. The molecule has 8 nitrogen and oxygen atoms in total. The van der Waals surface area contributed by atoms with Crippen LogP contribution < -0.4 is 5.56 Å². The molecule has 1 unspecified atom stereocenters. The van der Waals surface area contributed by atoms with Gasteiger partial charge in [-0.3, -0.25) is 4.79 Å². The van der Waals surface area contributed by atoms with Crippen LogP contribution in [0.15, 0.2) is 28.1 Å². The van der Waals surface area contributed by atoms with E-state index < -0.39 is 22.9 Å². The highest BCUT2D eigenvalue weighted by Gasteiger charge is 2.45. The van der Waals surface area contributed by atoms with Crippen molar-refractivity contribution in [2.75, 3.05) is 0 Å². The lowest BCUT2D eigenvalue weighted by Gasteiger charge is -2.31. The second kappa shape index (κ2) is 6.45. The van der Waals surface area contributed by atoms with Crippen molar-refractivity contribution < 1.29 is 24.2 Å². The molecule has 0 aliphatic carbocycles. The summed E-state index contributed by atoms with van der Waals surface area (Å²) in [6, 6.07) is 4.49. The Kier molecular flexibility index (Phi) is 4.03. The van der Waals surface area contributed by atoms with Crippen LogP contribution in [0, 0.1) is 12.7 Å². The molecule has 0 saturated carbocycles. The predicted octanol–water partition coefficient (Wildman–Crippen LogP) is 2.34. The number of oxime groups is 1. The number of hydrogen-bond acceptors (Lipinski definition) is 7. The van der Waals surface area contributed by atoms with Gasteiger partial charge < -0.3 is 19.6 Å². The quantitative estimate of drug-likeness (QED) is 0.221. The van der Waals surface area contributed by atoms with Gasteiger partial charge in [0.2, 0.25) is 0 Å². The summed E-state index contributed by atoms with van der Waals surface area (Å²) < 4.78 is 20.8. The Labute approximate surface area is 175 Å². The van der Waals surface area contributed by atoms with Crippen molar-refractivity contribution in [3.05, 3.63) is 62.2 Å². The van der Waals surface area contributed by atoms with E-state index in [0.717, 1.165) is 0 Å². The van der Waals surface area contributed by atoms with Crippen LogP contribution in [0.3, 0.4) is 0 Å². The third kappa shape index (κ3) is 2.50. The van der Waals surface area contributed by atoms with Crippen LogP contribution in [0.25, 0.3) is 22.3 Å². The summed E-state index contributed by atoms with van der Waals surface area (Å²) in [5.41, 5.74) is 0.776. The topological polar surface area (TPSA) is 114 Å². The van der Waals surface area contributed by atoms with Gasteiger partial charge in [-0.1, -0.05) is 12.1 Å². The van der Waals surface area contributed by atoms with Gasteiger partial charge >= 0.3 is 5.97 Å². The van der Waals surface area contributed by atoms with Gasteiger partial charge in [0.15, 0.2) is 5.60 Å². The largest absolute Gasteiger partial charge is 0.458 e. The molecule has 1 aromatic carbocycles. The summed E-state index contributed by atoms with van der Waals surface area (Å²) in [4.78, 5) is 30.1. The zero-order chi connectivity index (χ0) is 22.1. The first-order chi connectivity index (χ1) is 14.8. The molecule has 31 heavy (non-hydrogen) atoms. The maximum absolute atomic E-state index is 14.2. The highest BCUT2D eigenvalue weighted by molar-refractivity contribution is 6.02. The molecule has 2 aliphatic heterocycles. The number of pyridine rings is 2. The van der Waals surface area contributed by atoms with Crippen molar-refractivity contribution in [3.8, 4) is 11.4 Å². The van der Waals surface area contributed by atoms with Crippen molar-refractivity contribution in [2.45, 2.75) is 39.0 Å². The van der Waals surface area contributed by atoms with Crippen molar-refractivity contribution in [1.29, 1.82) is 0 Å². The Balaban J connectivity index is 1.86. The van der Waals surface area contributed by atoms with Crippen molar-refractivity contribution in [1.82, 2.24) is 9.55 Å². The zero-order valence-corrected chi connectivity index (χ0v) is 16.8. The molecule has 158 valence electrons. The SMILES string of the molecule is CCC1(O)C(=O)OCc2c1cc1n(c2=O)Cc2c-1nc1cc(F)c(C)cc1c2/C=N/O. The number of halogens is 1. The standard InChI is InChI=1S/C22H18FN3O5/c1-3-22(29)15-5-18-19-13(8-26(18)20(27)14(15)9-31-21(22)28)12(7-24-30)11-4-10(2)16(23)6-17(11)25-19/h4-7,29-30H,3,8-9H2,1-2H3/b24-7+. The fourth-order valence-electron chi connectivity index (χ4n) is 4.45. The van der Waals surface area contributed by atoms with Gasteiger partial charge in [-0.05, 0) is 31.0 Å². The number of carbonyl (C=O) groups is 1. The van der Waals surface area contributed by atoms with Gasteiger partial charge in [0, 0.05) is 28.1 Å². The summed E-state index contributed by atoms with van der Waals surface area (Å²) in [7, 11) is 0. The van der Waals surface area contributed by atoms with E-state index in [1.54, 1.807) is 26.0 Å². The van der Waals surface area contributed by atoms with Crippen molar-refractivity contribution >= 4 is 23.1 Å². The Bertz CT molecular complexity index is 1390. The number of cyclic esters (lactones) is 1. The van der Waals surface area contributed by atoms with E-state index in [-0.39, 0.29) is 30.7 Å². The maximum Gasteiger partial charge on any atom is 0.343 e. The number of fused-ring (bicyclic) bond motifs is 5. The molecule has 0 saturated heterocycles. The van der Waals surface area contributed by atoms with Gasteiger partial charge in [-0.2, -0.15) is 0 Å². The van der Waals surface area contributed by atoms with E-state index in [4.69, 9.17) is 4.74 Å². The van der Waals surface area contributed by atoms with E-state index in [0.29, 0.717) is 39.0 Å². The first-order valence-electron chi connectivity index (χ1n) is 9.77. The predicted molar refractivity (Wildman–Crippen MR) is 109 cm³/mol. The number of rotatable bonds is 2. The van der Waals surface area contributed by atoms with E-state index in [2.05, 4.69) is 10.1 Å². The average Bonchev–Trinajstić information content (AvgIpc) is 3.11. The highest BCUT2D eigenvalue weighted by Crippen LogP contribution is 2.40. The minimum Gasteiger partial charge on any atom is -0.458 e. The summed E-state index contributed by atoms with van der Waals surface area (Å²) in [6.45, 7) is 3.17. The lowest BCUT2D eigenvalue weighted by molar-refractivity contribution is -0.172. The average molecular weight is 423 g/mol. The van der Waals surface area contributed by atoms with E-state index >= 15 is 0 Å². The van der Waals surface area contributed by atoms with E-state index in [1.165, 1.54) is 16.8 Å². The molecule has 9 heteroatoms. The molecule has 2 N–H and O–H groups in total. The lowest BCUT2D eigenvalue weighted by atomic mass is 9.86. The molecule has 2 aliphatic rings. The monoisotopic (exact) mass is 423 g/mol. The van der Waals surface area contributed by atoms with Crippen LogP contribution in [0.2, 0.25) is 0 Å². The Morgan fingerprint density at radius 1 is 1.32 bits per heavy atom. The molecule has 0 bridgehead atoms. The normalized spacial score (nSPS) is 19.4. The van der Waals surface area contributed by atoms with Gasteiger partial charge in [0.05, 0.1) is 35.2 Å². The van der Waals surface area contributed by atoms with Crippen LogP contribution in [-0.2, 0) is 28.3 Å². The Hall–Kier alpha value is -3.59. The number of esters is 1. The third-order valence-electron chi connectivity index (χ3n) is 6.20. The second-order valence-electron chi connectivity index (χ2n) is 7.82. The summed E-state index contributed by atoms with van der Waals surface area (Å²) in [5.74, 6) is -1.24. The minimum atomic E-state index is -1.93. The van der Waals surface area contributed by atoms with Crippen LogP contribution in [0.4, 0.5) is 4.39 Å². The fourth-order valence-corrected chi connectivity index (χ4v) is 4.45. The lowest BCUT2D eigenvalue weighted by Crippen LogP contribution is -2.44. The highest BCUT2D eigenvalue weighted by atomic mass is 19.1. The molecule has 4 heterocycles. The molecule has 1 atom stereocenters. The summed E-state index contributed by atoms with van der Waals surface area (Å²) >= 11 is 0. The number of ether oxygens (including phenoxy) is 1. The van der Waals surface area contributed by atoms with Crippen LogP contribution >= 0.6 is 0 Å². The number of aliphatic hydroxyl groups is 1. The minimum absolute atomic E-state index is 0.0344. The number of aromatic nitrogens is 2.